The molecule has 0 aromatic heterocycles. The Balaban J connectivity index is 1.39. The maximum absolute atomic E-state index is 13.1. The van der Waals surface area contributed by atoms with Crippen LogP contribution in [0, 0.1) is 11.8 Å². The minimum Gasteiger partial charge on any atom is -0.484 e. The van der Waals surface area contributed by atoms with Gasteiger partial charge in [0.05, 0.1) is 12.0 Å². The van der Waals surface area contributed by atoms with Crippen molar-refractivity contribution < 1.29 is 27.5 Å². The number of piperidine rings is 1. The molecule has 4 rings (SSSR count). The maximum atomic E-state index is 13.1. The number of ether oxygens (including phenoxy) is 1. The molecule has 0 saturated carbocycles. The molecule has 2 saturated heterocycles. The lowest BCUT2D eigenvalue weighted by Crippen LogP contribution is -2.48. The largest absolute Gasteiger partial charge is 0.484 e. The summed E-state index contributed by atoms with van der Waals surface area (Å²) < 4.78 is 41.6. The number of Topliss-reactive ketones (excluding diaryl/α,β-unsaturated/α-hetero) is 1. The molecule has 1 amide bonds. The zero-order valence-electron chi connectivity index (χ0n) is 16.8. The molecule has 1 N–H and O–H groups in total. The number of ketones is 1. The number of hydrogen-bond donors (Lipinski definition) is 1. The van der Waals surface area contributed by atoms with E-state index in [1.165, 1.54) is 12.1 Å². The first kappa shape index (κ1) is 21.4. The van der Waals surface area contributed by atoms with Gasteiger partial charge >= 0.3 is 6.18 Å². The normalized spacial score (nSPS) is 23.5. The summed E-state index contributed by atoms with van der Waals surface area (Å²) in [6.45, 7) is -0.458. The zero-order valence-corrected chi connectivity index (χ0v) is 16.8. The van der Waals surface area contributed by atoms with Crippen LogP contribution in [0.15, 0.2) is 54.6 Å². The molecular weight excluding hydrogens is 409 g/mol. The average Bonchev–Trinajstić information content (AvgIpc) is 3.18. The van der Waals surface area contributed by atoms with Gasteiger partial charge in [-0.1, -0.05) is 30.3 Å². The highest BCUT2D eigenvalue weighted by atomic mass is 19.4. The van der Waals surface area contributed by atoms with Gasteiger partial charge in [0.2, 0.25) is 5.91 Å². The standard InChI is InChI=1S/C23H23F3N2O3/c24-23(25,26)14-31-17-8-6-16(7-9-17)28-11-10-18-19(22(28)30)13-27-21(18)20(29)12-15-4-2-1-3-5-15/h1-9,18-19,21,27H,10-14H2. The summed E-state index contributed by atoms with van der Waals surface area (Å²) in [7, 11) is 0. The van der Waals surface area contributed by atoms with E-state index in [2.05, 4.69) is 5.32 Å². The average molecular weight is 432 g/mol. The summed E-state index contributed by atoms with van der Waals surface area (Å²) in [5, 5.41) is 3.24. The first-order valence-corrected chi connectivity index (χ1v) is 10.2. The summed E-state index contributed by atoms with van der Waals surface area (Å²) >= 11 is 0. The van der Waals surface area contributed by atoms with Crippen molar-refractivity contribution in [2.24, 2.45) is 11.8 Å². The highest BCUT2D eigenvalue weighted by Gasteiger charge is 2.47. The number of nitrogens with zero attached hydrogens (tertiary/aromatic N) is 1. The van der Waals surface area contributed by atoms with E-state index in [0.29, 0.717) is 31.6 Å². The Bertz CT molecular complexity index is 931. The topological polar surface area (TPSA) is 58.6 Å². The molecule has 0 radical (unpaired) electrons. The Morgan fingerprint density at radius 3 is 2.48 bits per heavy atom. The van der Waals surface area contributed by atoms with Crippen molar-refractivity contribution in [3.8, 4) is 5.75 Å². The number of rotatable bonds is 6. The van der Waals surface area contributed by atoms with Crippen LogP contribution in [0.4, 0.5) is 18.9 Å². The van der Waals surface area contributed by atoms with Crippen LogP contribution in [0.5, 0.6) is 5.75 Å². The summed E-state index contributed by atoms with van der Waals surface area (Å²) in [6.07, 6.45) is -3.39. The van der Waals surface area contributed by atoms with Gasteiger partial charge in [0.15, 0.2) is 12.4 Å². The van der Waals surface area contributed by atoms with Crippen LogP contribution >= 0.6 is 0 Å². The quantitative estimate of drug-likeness (QED) is 0.761. The number of nitrogens with one attached hydrogen (secondary N) is 1. The van der Waals surface area contributed by atoms with Gasteiger partial charge in [-0.2, -0.15) is 13.2 Å². The lowest BCUT2D eigenvalue weighted by molar-refractivity contribution is -0.153. The fraction of sp³-hybridized carbons (Fsp3) is 0.391. The fourth-order valence-corrected chi connectivity index (χ4v) is 4.42. The van der Waals surface area contributed by atoms with E-state index in [1.807, 2.05) is 30.3 Å². The predicted molar refractivity (Wildman–Crippen MR) is 109 cm³/mol. The molecule has 3 unspecified atom stereocenters. The summed E-state index contributed by atoms with van der Waals surface area (Å²) in [4.78, 5) is 27.5. The Labute approximate surface area is 178 Å². The molecule has 31 heavy (non-hydrogen) atoms. The third-order valence-corrected chi connectivity index (χ3v) is 5.89. The number of carbonyl (C=O) groups excluding carboxylic acids is 2. The second kappa shape index (κ2) is 8.70. The van der Waals surface area contributed by atoms with Crippen LogP contribution in [0.2, 0.25) is 0 Å². The summed E-state index contributed by atoms with van der Waals surface area (Å²) in [5.41, 5.74) is 1.57. The van der Waals surface area contributed by atoms with Crippen molar-refractivity contribution >= 4 is 17.4 Å². The number of hydrogen-bond acceptors (Lipinski definition) is 4. The number of amides is 1. The molecule has 2 aromatic carbocycles. The number of benzene rings is 2. The number of fused-ring (bicyclic) bond motifs is 1. The predicted octanol–water partition coefficient (Wildman–Crippen LogP) is 3.38. The lowest BCUT2D eigenvalue weighted by atomic mass is 9.81. The summed E-state index contributed by atoms with van der Waals surface area (Å²) in [5.74, 6) is -0.222. The Kier molecular flexibility index (Phi) is 6.00. The number of alkyl halides is 3. The van der Waals surface area contributed by atoms with Crippen LogP contribution < -0.4 is 15.0 Å². The van der Waals surface area contributed by atoms with Gasteiger partial charge in [-0.3, -0.25) is 9.59 Å². The fourth-order valence-electron chi connectivity index (χ4n) is 4.42. The van der Waals surface area contributed by atoms with Crippen molar-refractivity contribution in [2.75, 3.05) is 24.6 Å². The Morgan fingerprint density at radius 2 is 1.81 bits per heavy atom. The molecule has 2 heterocycles. The van der Waals surface area contributed by atoms with E-state index < -0.39 is 12.8 Å². The van der Waals surface area contributed by atoms with Gasteiger partial charge in [0.25, 0.3) is 0 Å². The molecule has 164 valence electrons. The van der Waals surface area contributed by atoms with Gasteiger partial charge in [0.1, 0.15) is 5.75 Å². The van der Waals surface area contributed by atoms with Crippen LogP contribution in [-0.4, -0.2) is 43.6 Å². The first-order valence-electron chi connectivity index (χ1n) is 10.2. The number of halogens is 3. The molecule has 0 aliphatic carbocycles. The van der Waals surface area contributed by atoms with Gasteiger partial charge in [0, 0.05) is 25.2 Å². The van der Waals surface area contributed by atoms with Crippen molar-refractivity contribution in [3.05, 3.63) is 60.2 Å². The molecule has 2 fully saturated rings. The monoisotopic (exact) mass is 432 g/mol. The molecule has 3 atom stereocenters. The Morgan fingerprint density at radius 1 is 1.10 bits per heavy atom. The first-order chi connectivity index (χ1) is 14.8. The van der Waals surface area contributed by atoms with Crippen molar-refractivity contribution in [3.63, 3.8) is 0 Å². The molecule has 0 bridgehead atoms. The third kappa shape index (κ3) is 4.90. The third-order valence-electron chi connectivity index (χ3n) is 5.89. The molecule has 2 aromatic rings. The number of anilines is 1. The SMILES string of the molecule is O=C(Cc1ccccc1)C1NCC2C(=O)N(c3ccc(OCC(F)(F)F)cc3)CCC21. The van der Waals surface area contributed by atoms with Crippen molar-refractivity contribution in [1.82, 2.24) is 5.32 Å². The van der Waals surface area contributed by atoms with Gasteiger partial charge < -0.3 is 15.0 Å². The number of carbonyl (C=O) groups is 2. The van der Waals surface area contributed by atoms with Crippen LogP contribution in [0.3, 0.4) is 0 Å². The van der Waals surface area contributed by atoms with Gasteiger partial charge in [-0.15, -0.1) is 0 Å². The van der Waals surface area contributed by atoms with E-state index in [-0.39, 0.29) is 35.3 Å². The lowest BCUT2D eigenvalue weighted by Gasteiger charge is -2.35. The maximum Gasteiger partial charge on any atom is 0.422 e. The highest BCUT2D eigenvalue weighted by Crippen LogP contribution is 2.35. The highest BCUT2D eigenvalue weighted by molar-refractivity contribution is 5.98. The zero-order chi connectivity index (χ0) is 22.0. The van der Waals surface area contributed by atoms with E-state index >= 15 is 0 Å². The van der Waals surface area contributed by atoms with Crippen molar-refractivity contribution in [1.29, 1.82) is 0 Å². The van der Waals surface area contributed by atoms with E-state index in [4.69, 9.17) is 4.74 Å². The van der Waals surface area contributed by atoms with E-state index in [0.717, 1.165) is 5.56 Å². The van der Waals surface area contributed by atoms with Crippen LogP contribution in [-0.2, 0) is 16.0 Å². The smallest absolute Gasteiger partial charge is 0.422 e. The van der Waals surface area contributed by atoms with Crippen LogP contribution in [0.25, 0.3) is 0 Å². The van der Waals surface area contributed by atoms with Gasteiger partial charge in [-0.05, 0) is 42.2 Å². The second-order valence-corrected chi connectivity index (χ2v) is 7.96. The van der Waals surface area contributed by atoms with Gasteiger partial charge in [-0.25, -0.2) is 0 Å². The minimum atomic E-state index is -4.40. The molecule has 2 aliphatic rings. The minimum absolute atomic E-state index is 0.0469. The van der Waals surface area contributed by atoms with Crippen LogP contribution in [0.1, 0.15) is 12.0 Å². The molecule has 8 heteroatoms. The van der Waals surface area contributed by atoms with E-state index in [1.54, 1.807) is 17.0 Å². The molecule has 2 aliphatic heterocycles. The van der Waals surface area contributed by atoms with Crippen molar-refractivity contribution in [2.45, 2.75) is 25.1 Å². The second-order valence-electron chi connectivity index (χ2n) is 7.96. The molecular formula is C23H23F3N2O3. The van der Waals surface area contributed by atoms with E-state index in [9.17, 15) is 22.8 Å². The molecule has 0 spiro atoms. The molecule has 5 nitrogen and oxygen atoms in total. The summed E-state index contributed by atoms with van der Waals surface area (Å²) in [6, 6.07) is 15.2. The Hall–Kier alpha value is -2.87.